The summed E-state index contributed by atoms with van der Waals surface area (Å²) in [6.45, 7) is 0. The maximum absolute atomic E-state index is 2.12. The molecule has 0 spiro atoms. The molecule has 0 heterocycles. The molecule has 0 aliphatic heterocycles. The van der Waals surface area contributed by atoms with Gasteiger partial charge < -0.3 is 0 Å². The summed E-state index contributed by atoms with van der Waals surface area (Å²) in [7, 11) is 0. The van der Waals surface area contributed by atoms with Gasteiger partial charge in [-0.05, 0) is 6.42 Å². The second-order valence-electron chi connectivity index (χ2n) is 0.707. The predicted octanol–water partition coefficient (Wildman–Crippen LogP) is 0.298. The third-order valence-corrected chi connectivity index (χ3v) is 0.236. The molecule has 0 aromatic carbocycles. The monoisotopic (exact) mass is 48.1 g/mol. The fourth-order valence-corrected chi connectivity index (χ4v) is 0. The Morgan fingerprint density at radius 1 is 1.25 bits per heavy atom. The van der Waals surface area contributed by atoms with Gasteiger partial charge in [-0.2, -0.15) is 0 Å². The molecule has 1 rings (SSSR count). The van der Waals surface area contributed by atoms with Gasteiger partial charge in [0.05, 0.1) is 0 Å². The molecule has 0 aromatic rings. The van der Waals surface area contributed by atoms with E-state index in [1.54, 1.807) is 0 Å². The first-order valence-electron chi connectivity index (χ1n) is 1.15. The Morgan fingerprint density at radius 2 is 1.50 bits per heavy atom. The van der Waals surface area contributed by atoms with E-state index in [2.05, 4.69) is 12.2 Å². The molecule has 0 unspecified atom stereocenters. The Morgan fingerprint density at radius 3 is 1.50 bits per heavy atom. The summed E-state index contributed by atoms with van der Waals surface area (Å²) in [5.41, 5.74) is 0. The van der Waals surface area contributed by atoms with Crippen LogP contribution in [0.2, 0.25) is 0 Å². The van der Waals surface area contributed by atoms with Crippen molar-refractivity contribution in [3.8, 4) is 0 Å². The van der Waals surface area contributed by atoms with Crippen molar-refractivity contribution < 1.29 is 0 Å². The molecule has 0 nitrogen and oxygen atoms in total. The Labute approximate surface area is 38.1 Å². The molecule has 0 fully saturated rings. The van der Waals surface area contributed by atoms with E-state index < -0.39 is 0 Å². The van der Waals surface area contributed by atoms with Crippen LogP contribution in [0.15, 0.2) is 12.2 Å². The molecular formula is C3H5Li. The minimum absolute atomic E-state index is 0. The van der Waals surface area contributed by atoms with E-state index in [9.17, 15) is 0 Å². The van der Waals surface area contributed by atoms with E-state index in [-0.39, 0.29) is 18.9 Å². The summed E-state index contributed by atoms with van der Waals surface area (Å²) in [6, 6.07) is 0. The first-order valence-corrected chi connectivity index (χ1v) is 1.15. The second-order valence-corrected chi connectivity index (χ2v) is 0.707. The van der Waals surface area contributed by atoms with Crippen molar-refractivity contribution in [2.75, 3.05) is 0 Å². The summed E-state index contributed by atoms with van der Waals surface area (Å²) in [4.78, 5) is 0. The van der Waals surface area contributed by atoms with Crippen LogP contribution in [0, 0.1) is 0 Å². The van der Waals surface area contributed by atoms with Crippen LogP contribution in [-0.2, 0) is 0 Å². The average molecular weight is 48.0 g/mol. The molecule has 4 heavy (non-hydrogen) atoms. The number of hydrogen-bond donors (Lipinski definition) is 0. The molecular weight excluding hydrogens is 43.0 g/mol. The van der Waals surface area contributed by atoms with Crippen molar-refractivity contribution in [3.05, 3.63) is 12.2 Å². The van der Waals surface area contributed by atoms with E-state index in [4.69, 9.17) is 0 Å². The number of hydrogen-bond acceptors (Lipinski definition) is 0. The van der Waals surface area contributed by atoms with Crippen LogP contribution in [0.1, 0.15) is 6.42 Å². The summed E-state index contributed by atoms with van der Waals surface area (Å²) >= 11 is 0. The van der Waals surface area contributed by atoms with Gasteiger partial charge in [0.2, 0.25) is 0 Å². The van der Waals surface area contributed by atoms with Crippen molar-refractivity contribution in [1.82, 2.24) is 0 Å². The SMILES string of the molecule is C1=CC1.[LiH]. The molecule has 1 heteroatoms. The summed E-state index contributed by atoms with van der Waals surface area (Å²) in [5.74, 6) is 0. The van der Waals surface area contributed by atoms with Crippen LogP contribution in [0.4, 0.5) is 0 Å². The van der Waals surface area contributed by atoms with Crippen molar-refractivity contribution in [1.29, 1.82) is 0 Å². The summed E-state index contributed by atoms with van der Waals surface area (Å²) < 4.78 is 0. The van der Waals surface area contributed by atoms with Gasteiger partial charge in [0, 0.05) is 0 Å². The van der Waals surface area contributed by atoms with Gasteiger partial charge in [-0.15, -0.1) is 0 Å². The second kappa shape index (κ2) is 1.64. The van der Waals surface area contributed by atoms with E-state index in [1.807, 2.05) is 0 Å². The third kappa shape index (κ3) is 2.34. The Balaban J connectivity index is 0.0000000900. The number of rotatable bonds is 0. The molecule has 0 radical (unpaired) electrons. The molecule has 1 aliphatic rings. The van der Waals surface area contributed by atoms with Gasteiger partial charge in [0.25, 0.3) is 0 Å². The molecule has 0 atom stereocenters. The van der Waals surface area contributed by atoms with Crippen LogP contribution in [-0.4, -0.2) is 18.9 Å². The molecule has 0 bridgehead atoms. The van der Waals surface area contributed by atoms with Gasteiger partial charge in [-0.1, -0.05) is 12.2 Å². The third-order valence-electron chi connectivity index (χ3n) is 0.236. The van der Waals surface area contributed by atoms with Gasteiger partial charge in [-0.25, -0.2) is 0 Å². The number of allylic oxidation sites excluding steroid dienone is 2. The average Bonchev–Trinajstić information content (AvgIpc) is 1.46. The molecule has 0 saturated carbocycles. The maximum atomic E-state index is 2.12. The minimum atomic E-state index is 0. The van der Waals surface area contributed by atoms with Gasteiger partial charge in [-0.3, -0.25) is 0 Å². The first kappa shape index (κ1) is 4.34. The van der Waals surface area contributed by atoms with Gasteiger partial charge >= 0.3 is 18.9 Å². The van der Waals surface area contributed by atoms with Crippen molar-refractivity contribution in [2.45, 2.75) is 6.42 Å². The van der Waals surface area contributed by atoms with Crippen LogP contribution in [0.25, 0.3) is 0 Å². The normalized spacial score (nSPS) is 14.0. The topological polar surface area (TPSA) is 0 Å². The summed E-state index contributed by atoms with van der Waals surface area (Å²) in [5, 5.41) is 0. The van der Waals surface area contributed by atoms with Crippen molar-refractivity contribution in [2.24, 2.45) is 0 Å². The van der Waals surface area contributed by atoms with E-state index >= 15 is 0 Å². The van der Waals surface area contributed by atoms with Gasteiger partial charge in [0.15, 0.2) is 0 Å². The van der Waals surface area contributed by atoms with Crippen LogP contribution >= 0.6 is 0 Å². The van der Waals surface area contributed by atoms with Crippen LogP contribution in [0.3, 0.4) is 0 Å². The van der Waals surface area contributed by atoms with Crippen LogP contribution < -0.4 is 0 Å². The molecule has 0 N–H and O–H groups in total. The van der Waals surface area contributed by atoms with Crippen LogP contribution in [0.5, 0.6) is 0 Å². The zero-order valence-electron chi connectivity index (χ0n) is 1.86. The standard InChI is InChI=1S/C3H4.Li.H/c1-2-3-1;;/h1-2H,3H2;;. The van der Waals surface area contributed by atoms with E-state index in [0.29, 0.717) is 0 Å². The Kier molecular flexibility index (Phi) is 1.78. The van der Waals surface area contributed by atoms with E-state index in [1.165, 1.54) is 6.42 Å². The quantitative estimate of drug-likeness (QED) is 0.273. The fraction of sp³-hybridized carbons (Fsp3) is 0.333. The van der Waals surface area contributed by atoms with Crippen molar-refractivity contribution >= 4 is 18.9 Å². The molecule has 0 saturated heterocycles. The molecule has 0 aromatic heterocycles. The Bertz CT molecular complexity index is 26.3. The summed E-state index contributed by atoms with van der Waals surface area (Å²) in [6.07, 6.45) is 5.50. The van der Waals surface area contributed by atoms with E-state index in [0.717, 1.165) is 0 Å². The molecule has 18 valence electrons. The Hall–Kier alpha value is 0.337. The fourth-order valence-electron chi connectivity index (χ4n) is 0. The molecule has 0 amide bonds. The molecule has 1 aliphatic carbocycles. The van der Waals surface area contributed by atoms with Crippen molar-refractivity contribution in [3.63, 3.8) is 0 Å². The zero-order valence-corrected chi connectivity index (χ0v) is 1.86. The zero-order chi connectivity index (χ0) is 2.12. The first-order chi connectivity index (χ1) is 1.50. The predicted molar refractivity (Wildman–Crippen MR) is 20.9 cm³/mol. The van der Waals surface area contributed by atoms with Gasteiger partial charge in [0.1, 0.15) is 0 Å².